The van der Waals surface area contributed by atoms with E-state index in [9.17, 15) is 4.79 Å². The summed E-state index contributed by atoms with van der Waals surface area (Å²) in [5, 5.41) is 12.9. The molecule has 5 heteroatoms. The number of carbonyl (C=O) groups is 1. The van der Waals surface area contributed by atoms with Crippen LogP contribution in [-0.2, 0) is 0 Å². The van der Waals surface area contributed by atoms with E-state index in [0.29, 0.717) is 5.69 Å². The van der Waals surface area contributed by atoms with Crippen LogP contribution in [0.25, 0.3) is 0 Å². The molecule has 5 nitrogen and oxygen atoms in total. The molecule has 0 saturated carbocycles. The first kappa shape index (κ1) is 13.6. The summed E-state index contributed by atoms with van der Waals surface area (Å²) in [4.78, 5) is 10.7. The molecule has 0 aliphatic heterocycles. The summed E-state index contributed by atoms with van der Waals surface area (Å²) >= 11 is 0. The largest absolute Gasteiger partial charge is 0.497 e. The van der Waals surface area contributed by atoms with Crippen molar-refractivity contribution in [2.45, 2.75) is 0 Å². The van der Waals surface area contributed by atoms with Crippen molar-refractivity contribution in [3.8, 4) is 5.75 Å². The van der Waals surface area contributed by atoms with Gasteiger partial charge >= 0.3 is 5.97 Å². The number of ether oxygens (including phenoxy) is 1. The summed E-state index contributed by atoms with van der Waals surface area (Å²) < 4.78 is 5.12. The van der Waals surface area contributed by atoms with Gasteiger partial charge in [-0.25, -0.2) is 4.79 Å². The average molecular weight is 270 g/mol. The summed E-state index contributed by atoms with van der Waals surface area (Å²) in [5.74, 6) is -0.184. The van der Waals surface area contributed by atoms with E-state index in [4.69, 9.17) is 9.84 Å². The molecular formula is C15H14N2O3. The monoisotopic (exact) mass is 270 g/mol. The lowest BCUT2D eigenvalue weighted by Gasteiger charge is -2.02. The number of anilines is 1. The quantitative estimate of drug-likeness (QED) is 0.647. The van der Waals surface area contributed by atoms with E-state index in [2.05, 4.69) is 10.5 Å². The SMILES string of the molecule is COc1cccc(C=NNc2ccc(C(=O)O)cc2)c1. The van der Waals surface area contributed by atoms with Crippen LogP contribution in [0.2, 0.25) is 0 Å². The highest BCUT2D eigenvalue weighted by Crippen LogP contribution is 2.12. The lowest BCUT2D eigenvalue weighted by Crippen LogP contribution is -1.96. The number of hydrogen-bond acceptors (Lipinski definition) is 4. The summed E-state index contributed by atoms with van der Waals surface area (Å²) in [5.41, 5.74) is 4.69. The van der Waals surface area contributed by atoms with Crippen molar-refractivity contribution >= 4 is 17.9 Å². The minimum absolute atomic E-state index is 0.243. The average Bonchev–Trinajstić information content (AvgIpc) is 2.48. The highest BCUT2D eigenvalue weighted by atomic mass is 16.5. The van der Waals surface area contributed by atoms with Gasteiger partial charge in [0.15, 0.2) is 0 Å². The molecular weight excluding hydrogens is 256 g/mol. The zero-order chi connectivity index (χ0) is 14.4. The number of aromatic carboxylic acids is 1. The van der Waals surface area contributed by atoms with Crippen molar-refractivity contribution in [3.05, 3.63) is 59.7 Å². The second-order valence-corrected chi connectivity index (χ2v) is 4.03. The Morgan fingerprint density at radius 2 is 2.00 bits per heavy atom. The number of nitrogens with one attached hydrogen (secondary N) is 1. The van der Waals surface area contributed by atoms with E-state index >= 15 is 0 Å². The third-order valence-corrected chi connectivity index (χ3v) is 2.63. The summed E-state index contributed by atoms with van der Waals surface area (Å²) in [6, 6.07) is 13.9. The molecule has 0 atom stereocenters. The fourth-order valence-electron chi connectivity index (χ4n) is 1.59. The molecule has 0 fully saturated rings. The van der Waals surface area contributed by atoms with Gasteiger partial charge in [-0.15, -0.1) is 0 Å². The second-order valence-electron chi connectivity index (χ2n) is 4.03. The first-order valence-electron chi connectivity index (χ1n) is 5.95. The molecule has 0 bridgehead atoms. The molecule has 2 N–H and O–H groups in total. The Labute approximate surface area is 116 Å². The predicted octanol–water partition coefficient (Wildman–Crippen LogP) is 2.84. The zero-order valence-electron chi connectivity index (χ0n) is 10.9. The van der Waals surface area contributed by atoms with E-state index in [-0.39, 0.29) is 5.56 Å². The van der Waals surface area contributed by atoms with Crippen molar-refractivity contribution in [1.29, 1.82) is 0 Å². The molecule has 0 heterocycles. The molecule has 0 saturated heterocycles. The van der Waals surface area contributed by atoms with Gasteiger partial charge in [-0.2, -0.15) is 5.10 Å². The van der Waals surface area contributed by atoms with Crippen LogP contribution in [0.3, 0.4) is 0 Å². The molecule has 0 aliphatic carbocycles. The molecule has 2 rings (SSSR count). The molecule has 2 aromatic carbocycles. The minimum atomic E-state index is -0.948. The van der Waals surface area contributed by atoms with Crippen LogP contribution in [-0.4, -0.2) is 24.4 Å². The van der Waals surface area contributed by atoms with E-state index < -0.39 is 5.97 Å². The van der Waals surface area contributed by atoms with Crippen molar-refractivity contribution in [1.82, 2.24) is 0 Å². The third-order valence-electron chi connectivity index (χ3n) is 2.63. The standard InChI is InChI=1S/C15H14N2O3/c1-20-14-4-2-3-11(9-14)10-16-17-13-7-5-12(6-8-13)15(18)19/h2-10,17H,1H3,(H,18,19). The van der Waals surface area contributed by atoms with Crippen LogP contribution >= 0.6 is 0 Å². The van der Waals surface area contributed by atoms with E-state index in [1.165, 1.54) is 12.1 Å². The highest BCUT2D eigenvalue weighted by molar-refractivity contribution is 5.88. The van der Waals surface area contributed by atoms with E-state index in [0.717, 1.165) is 11.3 Å². The van der Waals surface area contributed by atoms with Gasteiger partial charge in [-0.05, 0) is 42.0 Å². The molecule has 0 aromatic heterocycles. The number of hydrogen-bond donors (Lipinski definition) is 2. The van der Waals surface area contributed by atoms with E-state index in [1.807, 2.05) is 24.3 Å². The Bertz CT molecular complexity index is 621. The first-order valence-corrected chi connectivity index (χ1v) is 5.95. The first-order chi connectivity index (χ1) is 9.69. The van der Waals surface area contributed by atoms with Gasteiger partial charge < -0.3 is 9.84 Å². The Morgan fingerprint density at radius 3 is 2.65 bits per heavy atom. The normalized spacial score (nSPS) is 10.4. The van der Waals surface area contributed by atoms with Crippen LogP contribution in [0.5, 0.6) is 5.75 Å². The molecule has 0 aliphatic rings. The van der Waals surface area contributed by atoms with Crippen molar-refractivity contribution < 1.29 is 14.6 Å². The predicted molar refractivity (Wildman–Crippen MR) is 77.6 cm³/mol. The summed E-state index contributed by atoms with van der Waals surface area (Å²) in [7, 11) is 1.61. The number of rotatable bonds is 5. The van der Waals surface area contributed by atoms with Crippen LogP contribution in [0, 0.1) is 0 Å². The van der Waals surface area contributed by atoms with Crippen LogP contribution in [0.1, 0.15) is 15.9 Å². The maximum Gasteiger partial charge on any atom is 0.335 e. The number of carboxylic acid groups (broad SMARTS) is 1. The molecule has 0 spiro atoms. The van der Waals surface area contributed by atoms with Crippen LogP contribution in [0.15, 0.2) is 53.6 Å². The number of carboxylic acids is 1. The van der Waals surface area contributed by atoms with Gasteiger partial charge in [0.2, 0.25) is 0 Å². The smallest absolute Gasteiger partial charge is 0.335 e. The molecule has 0 radical (unpaired) electrons. The fraction of sp³-hybridized carbons (Fsp3) is 0.0667. The number of benzene rings is 2. The van der Waals surface area contributed by atoms with Gasteiger partial charge in [-0.1, -0.05) is 12.1 Å². The van der Waals surface area contributed by atoms with Crippen LogP contribution in [0.4, 0.5) is 5.69 Å². The number of methoxy groups -OCH3 is 1. The minimum Gasteiger partial charge on any atom is -0.497 e. The summed E-state index contributed by atoms with van der Waals surface area (Å²) in [6.45, 7) is 0. The Kier molecular flexibility index (Phi) is 4.34. The Balaban J connectivity index is 2.00. The van der Waals surface area contributed by atoms with Crippen molar-refractivity contribution in [2.75, 3.05) is 12.5 Å². The number of nitrogens with zero attached hydrogens (tertiary/aromatic N) is 1. The van der Waals surface area contributed by atoms with E-state index in [1.54, 1.807) is 25.5 Å². The Hall–Kier alpha value is -2.82. The third kappa shape index (κ3) is 3.58. The topological polar surface area (TPSA) is 70.9 Å². The van der Waals surface area contributed by atoms with Gasteiger partial charge in [-0.3, -0.25) is 5.43 Å². The van der Waals surface area contributed by atoms with Crippen molar-refractivity contribution in [3.63, 3.8) is 0 Å². The maximum atomic E-state index is 10.7. The lowest BCUT2D eigenvalue weighted by molar-refractivity contribution is 0.0697. The molecule has 0 amide bonds. The zero-order valence-corrected chi connectivity index (χ0v) is 10.9. The number of hydrazone groups is 1. The molecule has 102 valence electrons. The molecule has 0 unspecified atom stereocenters. The Morgan fingerprint density at radius 1 is 1.25 bits per heavy atom. The van der Waals surface area contributed by atoms with Crippen molar-refractivity contribution in [2.24, 2.45) is 5.10 Å². The highest BCUT2D eigenvalue weighted by Gasteiger charge is 2.00. The molecule has 2 aromatic rings. The van der Waals surface area contributed by atoms with Gasteiger partial charge in [0.05, 0.1) is 24.6 Å². The van der Waals surface area contributed by atoms with Gasteiger partial charge in [0.25, 0.3) is 0 Å². The maximum absolute atomic E-state index is 10.7. The summed E-state index contributed by atoms with van der Waals surface area (Å²) in [6.07, 6.45) is 1.66. The van der Waals surface area contributed by atoms with Gasteiger partial charge in [0, 0.05) is 0 Å². The second kappa shape index (κ2) is 6.38. The lowest BCUT2D eigenvalue weighted by atomic mass is 10.2. The van der Waals surface area contributed by atoms with Crippen LogP contribution < -0.4 is 10.2 Å². The molecule has 20 heavy (non-hydrogen) atoms. The van der Waals surface area contributed by atoms with Gasteiger partial charge in [0.1, 0.15) is 5.75 Å². The fourth-order valence-corrected chi connectivity index (χ4v) is 1.59.